The maximum absolute atomic E-state index is 12.1. The fraction of sp³-hybridized carbons (Fsp3) is 0.385. The first-order chi connectivity index (χ1) is 10.1. The van der Waals surface area contributed by atoms with Crippen molar-refractivity contribution in [2.75, 3.05) is 19.3 Å². The Balaban J connectivity index is 1.76. The lowest BCUT2D eigenvalue weighted by Gasteiger charge is -2.09. The highest BCUT2D eigenvalue weighted by atomic mass is 32.2. The zero-order chi connectivity index (χ0) is 15.2. The van der Waals surface area contributed by atoms with Gasteiger partial charge in [-0.1, -0.05) is 5.16 Å². The molecule has 7 nitrogen and oxygen atoms in total. The molecule has 1 aliphatic rings. The Morgan fingerprint density at radius 2 is 2.19 bits per heavy atom. The van der Waals surface area contributed by atoms with Gasteiger partial charge in [-0.3, -0.25) is 9.59 Å². The number of allylic oxidation sites excluding steroid dienone is 2. The lowest BCUT2D eigenvalue weighted by atomic mass is 10.0. The Morgan fingerprint density at radius 1 is 1.38 bits per heavy atom. The van der Waals surface area contributed by atoms with Crippen LogP contribution in [0.3, 0.4) is 0 Å². The number of urea groups is 1. The molecule has 0 spiro atoms. The Hall–Kier alpha value is -2.09. The van der Waals surface area contributed by atoms with Gasteiger partial charge >= 0.3 is 6.03 Å². The minimum Gasteiger partial charge on any atom is -0.352 e. The van der Waals surface area contributed by atoms with Crippen LogP contribution in [0.1, 0.15) is 33.8 Å². The second-order valence-corrected chi connectivity index (χ2v) is 5.47. The number of carbonyl (C=O) groups is 3. The lowest BCUT2D eigenvalue weighted by Crippen LogP contribution is -2.33. The zero-order valence-corrected chi connectivity index (χ0v) is 12.3. The van der Waals surface area contributed by atoms with Gasteiger partial charge in [-0.05, 0) is 18.6 Å². The van der Waals surface area contributed by atoms with Crippen LogP contribution in [0.25, 0.3) is 0 Å². The molecule has 21 heavy (non-hydrogen) atoms. The number of nitrogens with one attached hydrogen (secondary N) is 2. The summed E-state index contributed by atoms with van der Waals surface area (Å²) in [6, 6.07) is -0.210. The summed E-state index contributed by atoms with van der Waals surface area (Å²) in [4.78, 5) is 35.1. The molecule has 0 radical (unpaired) electrons. The summed E-state index contributed by atoms with van der Waals surface area (Å²) in [6.45, 7) is 0.571. The molecular formula is C13H15N3O4S. The van der Waals surface area contributed by atoms with Gasteiger partial charge in [0.15, 0.2) is 0 Å². The molecule has 2 N–H and O–H groups in total. The van der Waals surface area contributed by atoms with Crippen LogP contribution in [0, 0.1) is 0 Å². The van der Waals surface area contributed by atoms with Gasteiger partial charge in [-0.25, -0.2) is 4.79 Å². The van der Waals surface area contributed by atoms with Crippen molar-refractivity contribution in [2.45, 2.75) is 12.8 Å². The third-order valence-corrected chi connectivity index (χ3v) is 3.97. The molecule has 1 aromatic rings. The van der Waals surface area contributed by atoms with Crippen molar-refractivity contribution in [1.29, 1.82) is 0 Å². The van der Waals surface area contributed by atoms with Crippen LogP contribution >= 0.6 is 11.8 Å². The second-order valence-electron chi connectivity index (χ2n) is 4.33. The van der Waals surface area contributed by atoms with Crippen LogP contribution in [-0.4, -0.2) is 42.1 Å². The predicted octanol–water partition coefficient (Wildman–Crippen LogP) is 1.38. The minimum atomic E-state index is -0.328. The van der Waals surface area contributed by atoms with Gasteiger partial charge in [0, 0.05) is 19.7 Å². The predicted molar refractivity (Wildman–Crippen MR) is 77.4 cm³/mol. The number of aromatic nitrogens is 1. The van der Waals surface area contributed by atoms with Crippen LogP contribution < -0.4 is 10.6 Å². The number of ketones is 2. The topological polar surface area (TPSA) is 101 Å². The fourth-order valence-corrected chi connectivity index (χ4v) is 2.77. The maximum atomic E-state index is 12.1. The van der Waals surface area contributed by atoms with E-state index in [0.29, 0.717) is 17.2 Å². The summed E-state index contributed by atoms with van der Waals surface area (Å²) >= 11 is 1.33. The average molecular weight is 309 g/mol. The van der Waals surface area contributed by atoms with Crippen molar-refractivity contribution in [3.8, 4) is 0 Å². The minimum absolute atomic E-state index is 0.0131. The third kappa shape index (κ3) is 3.72. The van der Waals surface area contributed by atoms with E-state index in [1.54, 1.807) is 7.05 Å². The Bertz CT molecular complexity index is 594. The second kappa shape index (κ2) is 7.07. The Kier molecular flexibility index (Phi) is 5.15. The van der Waals surface area contributed by atoms with E-state index in [1.807, 2.05) is 0 Å². The first kappa shape index (κ1) is 15.3. The molecule has 0 aliphatic heterocycles. The van der Waals surface area contributed by atoms with E-state index in [4.69, 9.17) is 4.52 Å². The van der Waals surface area contributed by atoms with Gasteiger partial charge in [0.1, 0.15) is 0 Å². The molecule has 2 rings (SSSR count). The summed E-state index contributed by atoms with van der Waals surface area (Å²) in [6.07, 6.45) is 4.19. The number of unbranched alkanes of at least 4 members (excludes halogenated alkanes) is 1. The summed E-state index contributed by atoms with van der Waals surface area (Å²) in [5, 5.41) is 8.62. The van der Waals surface area contributed by atoms with Crippen LogP contribution in [-0.2, 0) is 0 Å². The highest BCUT2D eigenvalue weighted by molar-refractivity contribution is 8.04. The molecule has 1 aromatic heterocycles. The molecule has 0 fully saturated rings. The van der Waals surface area contributed by atoms with Crippen LogP contribution in [0.2, 0.25) is 0 Å². The summed E-state index contributed by atoms with van der Waals surface area (Å²) in [5.74, 6) is 0.158. The number of hydrogen-bond donors (Lipinski definition) is 2. The van der Waals surface area contributed by atoms with E-state index in [-0.39, 0.29) is 28.9 Å². The number of fused-ring (bicyclic) bond motifs is 1. The quantitative estimate of drug-likeness (QED) is 0.770. The molecule has 1 heterocycles. The number of amides is 2. The maximum Gasteiger partial charge on any atom is 0.314 e. The first-order valence-corrected chi connectivity index (χ1v) is 7.46. The van der Waals surface area contributed by atoms with Crippen LogP contribution in [0.4, 0.5) is 4.79 Å². The van der Waals surface area contributed by atoms with Crippen molar-refractivity contribution in [2.24, 2.45) is 0 Å². The van der Waals surface area contributed by atoms with Gasteiger partial charge in [0.25, 0.3) is 0 Å². The van der Waals surface area contributed by atoms with Crippen molar-refractivity contribution < 1.29 is 18.9 Å². The van der Waals surface area contributed by atoms with Crippen LogP contribution in [0.15, 0.2) is 21.7 Å². The number of rotatable bonds is 6. The molecule has 8 heteroatoms. The lowest BCUT2D eigenvalue weighted by molar-refractivity contribution is 0.0967. The van der Waals surface area contributed by atoms with E-state index in [1.165, 1.54) is 24.0 Å². The Morgan fingerprint density at radius 3 is 2.95 bits per heavy atom. The molecular weight excluding hydrogens is 294 g/mol. The average Bonchev–Trinajstić information content (AvgIpc) is 2.97. The van der Waals surface area contributed by atoms with Crippen molar-refractivity contribution >= 4 is 29.4 Å². The third-order valence-electron chi connectivity index (χ3n) is 2.87. The molecule has 0 atom stereocenters. The number of hydrogen-bond acceptors (Lipinski definition) is 6. The van der Waals surface area contributed by atoms with Crippen molar-refractivity contribution in [3.05, 3.63) is 28.5 Å². The number of nitrogens with zero attached hydrogens (tertiary/aromatic N) is 1. The molecule has 1 aliphatic carbocycles. The van der Waals surface area contributed by atoms with Gasteiger partial charge in [0.2, 0.25) is 17.3 Å². The number of carbonyl (C=O) groups excluding carboxylic acids is 3. The molecule has 2 amide bonds. The SMILES string of the molecule is CNC(=O)NCCCCSC1=CC(=O)c2oncc2C1=O. The number of Topliss-reactive ketones (excluding diaryl/α,β-unsaturated/α-hetero) is 1. The fourth-order valence-electron chi connectivity index (χ4n) is 1.77. The molecule has 0 bridgehead atoms. The van der Waals surface area contributed by atoms with Crippen LogP contribution in [0.5, 0.6) is 0 Å². The van der Waals surface area contributed by atoms with E-state index < -0.39 is 0 Å². The van der Waals surface area contributed by atoms with Gasteiger partial charge in [-0.15, -0.1) is 11.8 Å². The largest absolute Gasteiger partial charge is 0.352 e. The zero-order valence-electron chi connectivity index (χ0n) is 11.5. The highest BCUT2D eigenvalue weighted by Gasteiger charge is 2.29. The Labute approximate surface area is 125 Å². The standard InChI is InChI=1S/C13H15N3O4S/c1-14-13(19)15-4-2-3-5-21-10-6-9(17)12-8(11(10)18)7-16-20-12/h6-7H,2-5H2,1H3,(H2,14,15,19). The summed E-state index contributed by atoms with van der Waals surface area (Å²) in [7, 11) is 1.56. The molecule has 0 aromatic carbocycles. The molecule has 0 saturated carbocycles. The van der Waals surface area contributed by atoms with Gasteiger partial charge in [-0.2, -0.15) is 0 Å². The van der Waals surface area contributed by atoms with E-state index in [2.05, 4.69) is 15.8 Å². The van der Waals surface area contributed by atoms with Crippen molar-refractivity contribution in [1.82, 2.24) is 15.8 Å². The smallest absolute Gasteiger partial charge is 0.314 e. The molecule has 0 saturated heterocycles. The van der Waals surface area contributed by atoms with Gasteiger partial charge < -0.3 is 15.2 Å². The number of thioether (sulfide) groups is 1. The van der Waals surface area contributed by atoms with E-state index >= 15 is 0 Å². The van der Waals surface area contributed by atoms with E-state index in [0.717, 1.165) is 12.8 Å². The monoisotopic (exact) mass is 309 g/mol. The van der Waals surface area contributed by atoms with Crippen molar-refractivity contribution in [3.63, 3.8) is 0 Å². The summed E-state index contributed by atoms with van der Waals surface area (Å²) in [5.41, 5.74) is 0.228. The normalized spacial score (nSPS) is 13.7. The molecule has 0 unspecified atom stereocenters. The van der Waals surface area contributed by atoms with Gasteiger partial charge in [0.05, 0.1) is 16.7 Å². The molecule has 112 valence electrons. The van der Waals surface area contributed by atoms with E-state index in [9.17, 15) is 14.4 Å². The highest BCUT2D eigenvalue weighted by Crippen LogP contribution is 2.28. The summed E-state index contributed by atoms with van der Waals surface area (Å²) < 4.78 is 4.76. The first-order valence-electron chi connectivity index (χ1n) is 6.47.